The first-order chi connectivity index (χ1) is 9.70. The van der Waals surface area contributed by atoms with E-state index in [4.69, 9.17) is 10.9 Å². The average Bonchev–Trinajstić information content (AvgIpc) is 2.47. The lowest BCUT2D eigenvalue weighted by atomic mass is 10.1. The molecule has 0 saturated carbocycles. The van der Waals surface area contributed by atoms with Gasteiger partial charge >= 0.3 is 0 Å². The molecule has 4 N–H and O–H groups in total. The van der Waals surface area contributed by atoms with Crippen LogP contribution in [-0.2, 0) is 13.1 Å². The van der Waals surface area contributed by atoms with E-state index < -0.39 is 0 Å². The van der Waals surface area contributed by atoms with E-state index in [1.165, 1.54) is 0 Å². The van der Waals surface area contributed by atoms with Crippen LogP contribution >= 0.6 is 0 Å². The van der Waals surface area contributed by atoms with Crippen molar-refractivity contribution in [1.82, 2.24) is 10.3 Å². The third-order valence-corrected chi connectivity index (χ3v) is 2.97. The Bertz CT molecular complexity index is 610. The number of nitrogens with zero attached hydrogens (tertiary/aromatic N) is 2. The molecule has 2 aromatic rings. The molecule has 0 unspecified atom stereocenters. The molecular weight excluding hydrogens is 252 g/mol. The van der Waals surface area contributed by atoms with Gasteiger partial charge < -0.3 is 16.3 Å². The Hall–Kier alpha value is -2.40. The fourth-order valence-electron chi connectivity index (χ4n) is 2.00. The van der Waals surface area contributed by atoms with Crippen LogP contribution in [0.25, 0.3) is 0 Å². The third kappa shape index (κ3) is 3.55. The van der Waals surface area contributed by atoms with E-state index in [9.17, 15) is 0 Å². The molecule has 1 aromatic carbocycles. The van der Waals surface area contributed by atoms with Crippen molar-refractivity contribution in [3.8, 4) is 0 Å². The molecule has 0 radical (unpaired) electrons. The molecule has 0 atom stereocenters. The largest absolute Gasteiger partial charge is 0.409 e. The topological polar surface area (TPSA) is 83.5 Å². The van der Waals surface area contributed by atoms with E-state index in [2.05, 4.69) is 15.5 Å². The molecule has 2 rings (SSSR count). The Morgan fingerprint density at radius 1 is 1.20 bits per heavy atom. The number of nitrogens with two attached hydrogens (primary N) is 1. The van der Waals surface area contributed by atoms with Gasteiger partial charge in [-0.25, -0.2) is 0 Å². The predicted molar refractivity (Wildman–Crippen MR) is 78.5 cm³/mol. The summed E-state index contributed by atoms with van der Waals surface area (Å²) < 4.78 is 0. The highest BCUT2D eigenvalue weighted by atomic mass is 16.4. The number of hydrogen-bond acceptors (Lipinski definition) is 4. The van der Waals surface area contributed by atoms with Crippen LogP contribution in [0.5, 0.6) is 0 Å². The molecule has 0 bridgehead atoms. The Kier molecular flexibility index (Phi) is 4.68. The number of aryl methyl sites for hydroxylation is 1. The molecule has 104 valence electrons. The Balaban J connectivity index is 2.01. The Labute approximate surface area is 118 Å². The summed E-state index contributed by atoms with van der Waals surface area (Å²) in [5.41, 5.74) is 9.37. The molecule has 0 saturated heterocycles. The van der Waals surface area contributed by atoms with E-state index in [-0.39, 0.29) is 5.84 Å². The monoisotopic (exact) mass is 270 g/mol. The zero-order chi connectivity index (χ0) is 14.4. The van der Waals surface area contributed by atoms with Crippen LogP contribution in [-0.4, -0.2) is 16.0 Å². The van der Waals surface area contributed by atoms with Gasteiger partial charge in [-0.1, -0.05) is 35.5 Å². The number of benzene rings is 1. The Morgan fingerprint density at radius 3 is 2.75 bits per heavy atom. The van der Waals surface area contributed by atoms with Crippen LogP contribution in [0.2, 0.25) is 0 Å². The fraction of sp³-hybridized carbons (Fsp3) is 0.200. The molecule has 0 spiro atoms. The molecule has 5 nitrogen and oxygen atoms in total. The standard InChI is InChI=1S/C15H18N4O/c1-11-5-4-7-13(18-11)10-17-9-12-6-2-3-8-14(12)15(16)19-20/h2-8,17,20H,9-10H2,1H3,(H2,16,19). The lowest BCUT2D eigenvalue weighted by molar-refractivity contribution is 0.318. The summed E-state index contributed by atoms with van der Waals surface area (Å²) in [5, 5.41) is 15.1. The van der Waals surface area contributed by atoms with Crippen LogP contribution in [0.4, 0.5) is 0 Å². The summed E-state index contributed by atoms with van der Waals surface area (Å²) in [5.74, 6) is 0.121. The van der Waals surface area contributed by atoms with Gasteiger partial charge in [0.25, 0.3) is 0 Å². The number of hydrogen-bond donors (Lipinski definition) is 3. The number of pyridine rings is 1. The summed E-state index contributed by atoms with van der Waals surface area (Å²) in [6.45, 7) is 3.27. The van der Waals surface area contributed by atoms with Gasteiger partial charge in [-0.05, 0) is 24.6 Å². The van der Waals surface area contributed by atoms with Gasteiger partial charge in [0, 0.05) is 24.3 Å². The van der Waals surface area contributed by atoms with Crippen LogP contribution < -0.4 is 11.1 Å². The van der Waals surface area contributed by atoms with Gasteiger partial charge in [-0.2, -0.15) is 0 Å². The highest BCUT2D eigenvalue weighted by Crippen LogP contribution is 2.08. The first kappa shape index (κ1) is 14.0. The summed E-state index contributed by atoms with van der Waals surface area (Å²) in [6.07, 6.45) is 0. The van der Waals surface area contributed by atoms with Crippen molar-refractivity contribution in [3.05, 3.63) is 65.0 Å². The first-order valence-corrected chi connectivity index (χ1v) is 6.40. The summed E-state index contributed by atoms with van der Waals surface area (Å²) in [4.78, 5) is 4.43. The van der Waals surface area contributed by atoms with E-state index in [0.29, 0.717) is 13.1 Å². The second-order valence-electron chi connectivity index (χ2n) is 4.52. The SMILES string of the molecule is Cc1cccc(CNCc2ccccc2C(N)=NO)n1. The smallest absolute Gasteiger partial charge is 0.170 e. The summed E-state index contributed by atoms with van der Waals surface area (Å²) >= 11 is 0. The van der Waals surface area contributed by atoms with Crippen molar-refractivity contribution in [1.29, 1.82) is 0 Å². The minimum absolute atomic E-state index is 0.121. The third-order valence-electron chi connectivity index (χ3n) is 2.97. The second-order valence-corrected chi connectivity index (χ2v) is 4.52. The van der Waals surface area contributed by atoms with Gasteiger partial charge in [0.05, 0.1) is 5.69 Å². The van der Waals surface area contributed by atoms with E-state index in [1.54, 1.807) is 0 Å². The van der Waals surface area contributed by atoms with Crippen LogP contribution in [0.3, 0.4) is 0 Å². The molecular formula is C15H18N4O. The van der Waals surface area contributed by atoms with Crippen LogP contribution in [0.15, 0.2) is 47.6 Å². The molecule has 0 amide bonds. The predicted octanol–water partition coefficient (Wildman–Crippen LogP) is 1.77. The number of nitrogens with one attached hydrogen (secondary N) is 1. The normalized spacial score (nSPS) is 11.6. The van der Waals surface area contributed by atoms with E-state index in [1.807, 2.05) is 49.4 Å². The minimum atomic E-state index is 0.121. The molecule has 20 heavy (non-hydrogen) atoms. The highest BCUT2D eigenvalue weighted by Gasteiger charge is 2.05. The van der Waals surface area contributed by atoms with E-state index >= 15 is 0 Å². The van der Waals surface area contributed by atoms with Crippen molar-refractivity contribution in [3.63, 3.8) is 0 Å². The molecule has 0 fully saturated rings. The maximum Gasteiger partial charge on any atom is 0.170 e. The number of amidine groups is 1. The number of aromatic nitrogens is 1. The molecule has 0 aliphatic carbocycles. The molecule has 1 aromatic heterocycles. The molecule has 1 heterocycles. The molecule has 5 heteroatoms. The lowest BCUT2D eigenvalue weighted by Crippen LogP contribution is -2.20. The van der Waals surface area contributed by atoms with Crippen LogP contribution in [0, 0.1) is 6.92 Å². The van der Waals surface area contributed by atoms with Crippen LogP contribution in [0.1, 0.15) is 22.5 Å². The van der Waals surface area contributed by atoms with Crippen molar-refractivity contribution in [2.24, 2.45) is 10.9 Å². The lowest BCUT2D eigenvalue weighted by Gasteiger charge is -2.09. The summed E-state index contributed by atoms with van der Waals surface area (Å²) in [6, 6.07) is 13.5. The van der Waals surface area contributed by atoms with Crippen molar-refractivity contribution < 1.29 is 5.21 Å². The first-order valence-electron chi connectivity index (χ1n) is 6.40. The van der Waals surface area contributed by atoms with Crippen molar-refractivity contribution in [2.45, 2.75) is 20.0 Å². The summed E-state index contributed by atoms with van der Waals surface area (Å²) in [7, 11) is 0. The zero-order valence-corrected chi connectivity index (χ0v) is 11.4. The van der Waals surface area contributed by atoms with Crippen molar-refractivity contribution in [2.75, 3.05) is 0 Å². The number of rotatable bonds is 5. The maximum absolute atomic E-state index is 8.78. The quantitative estimate of drug-likeness (QED) is 0.335. The van der Waals surface area contributed by atoms with Gasteiger partial charge in [-0.15, -0.1) is 0 Å². The highest BCUT2D eigenvalue weighted by molar-refractivity contribution is 5.98. The van der Waals surface area contributed by atoms with Crippen molar-refractivity contribution >= 4 is 5.84 Å². The fourth-order valence-corrected chi connectivity index (χ4v) is 2.00. The Morgan fingerprint density at radius 2 is 2.00 bits per heavy atom. The van der Waals surface area contributed by atoms with Gasteiger partial charge in [0.2, 0.25) is 0 Å². The van der Waals surface area contributed by atoms with Gasteiger partial charge in [0.15, 0.2) is 5.84 Å². The van der Waals surface area contributed by atoms with E-state index in [0.717, 1.165) is 22.5 Å². The van der Waals surface area contributed by atoms with Gasteiger partial charge in [-0.3, -0.25) is 4.98 Å². The minimum Gasteiger partial charge on any atom is -0.409 e. The average molecular weight is 270 g/mol. The molecule has 0 aliphatic heterocycles. The zero-order valence-electron chi connectivity index (χ0n) is 11.4. The van der Waals surface area contributed by atoms with Gasteiger partial charge in [0.1, 0.15) is 0 Å². The molecule has 0 aliphatic rings. The second kappa shape index (κ2) is 6.68. The number of oxime groups is 1. The maximum atomic E-state index is 8.78.